The predicted octanol–water partition coefficient (Wildman–Crippen LogP) is 5.53. The van der Waals surface area contributed by atoms with Gasteiger partial charge in [0, 0.05) is 29.2 Å². The number of ether oxygens (including phenoxy) is 2. The Bertz CT molecular complexity index is 864. The average Bonchev–Trinajstić information content (AvgIpc) is 2.76. The molecule has 0 aromatic heterocycles. The van der Waals surface area contributed by atoms with Gasteiger partial charge in [0.25, 0.3) is 0 Å². The molecule has 0 aliphatic heterocycles. The van der Waals surface area contributed by atoms with Gasteiger partial charge in [0.2, 0.25) is 0 Å². The van der Waals surface area contributed by atoms with Gasteiger partial charge in [-0.2, -0.15) is 0 Å². The van der Waals surface area contributed by atoms with Crippen molar-refractivity contribution >= 4 is 23.3 Å². The van der Waals surface area contributed by atoms with E-state index in [2.05, 4.69) is 48.2 Å². The lowest BCUT2D eigenvalue weighted by molar-refractivity contribution is 0.232. The number of allylic oxidation sites excluding steroid dienone is 3. The number of rotatable bonds is 7. The van der Waals surface area contributed by atoms with Crippen LogP contribution >= 0.6 is 11.6 Å². The number of anilines is 1. The molecule has 0 bridgehead atoms. The molecule has 2 amide bonds. The van der Waals surface area contributed by atoms with Crippen LogP contribution in [0.4, 0.5) is 10.5 Å². The Kier molecular flexibility index (Phi) is 15.1. The van der Waals surface area contributed by atoms with Gasteiger partial charge in [-0.1, -0.05) is 25.7 Å². The molecule has 6 heteroatoms. The number of hydrogen-bond donors (Lipinski definition) is 2. The van der Waals surface area contributed by atoms with Crippen molar-refractivity contribution in [3.05, 3.63) is 53.0 Å². The highest BCUT2D eigenvalue weighted by Gasteiger charge is 2.05. The molecule has 5 nitrogen and oxygen atoms in total. The van der Waals surface area contributed by atoms with Gasteiger partial charge < -0.3 is 20.1 Å². The second kappa shape index (κ2) is 16.7. The molecule has 31 heavy (non-hydrogen) atoms. The molecule has 0 aliphatic rings. The van der Waals surface area contributed by atoms with Crippen molar-refractivity contribution in [2.45, 2.75) is 34.6 Å². The van der Waals surface area contributed by atoms with E-state index in [1.807, 2.05) is 32.1 Å². The minimum Gasteiger partial charge on any atom is -0.498 e. The number of carbonyl (C=O) groups is 1. The van der Waals surface area contributed by atoms with E-state index >= 15 is 0 Å². The molecular formula is C25H33ClN2O3. The summed E-state index contributed by atoms with van der Waals surface area (Å²) in [6.45, 7) is 10.1. The number of urea groups is 1. The zero-order valence-corrected chi connectivity index (χ0v) is 20.2. The number of nitrogens with one attached hydrogen (secondary N) is 2. The first-order valence-electron chi connectivity index (χ1n) is 9.89. The van der Waals surface area contributed by atoms with Gasteiger partial charge in [-0.3, -0.25) is 0 Å². The third-order valence-corrected chi connectivity index (χ3v) is 4.03. The molecule has 2 N–H and O–H groups in total. The van der Waals surface area contributed by atoms with Crippen molar-refractivity contribution in [2.24, 2.45) is 5.92 Å². The Morgan fingerprint density at radius 2 is 1.77 bits per heavy atom. The standard InChI is InChI=1S/C13H20O2.C12H13ClN2O/c1-7-8-12(10(2)3)9-13(15-6)11(4)14-5;1-2-3-10-4-6-11(7-5-10)15-12(16)14-9-8-13/h9-10H,1-6H3;4-7H,8-9H2,1H3,(H2,14,15,16)/b12-9-,13-11-;. The molecule has 0 unspecified atom stereocenters. The Labute approximate surface area is 192 Å². The Hall–Kier alpha value is -3.02. The molecule has 0 spiro atoms. The maximum Gasteiger partial charge on any atom is 0.319 e. The maximum atomic E-state index is 11.3. The van der Waals surface area contributed by atoms with E-state index in [9.17, 15) is 4.79 Å². The lowest BCUT2D eigenvalue weighted by Crippen LogP contribution is -2.30. The first-order chi connectivity index (χ1) is 14.8. The highest BCUT2D eigenvalue weighted by atomic mass is 35.5. The minimum atomic E-state index is -0.255. The molecular weight excluding hydrogens is 412 g/mol. The molecule has 0 heterocycles. The summed E-state index contributed by atoms with van der Waals surface area (Å²) in [4.78, 5) is 11.3. The van der Waals surface area contributed by atoms with Crippen LogP contribution in [-0.2, 0) is 9.47 Å². The van der Waals surface area contributed by atoms with Gasteiger partial charge in [0.1, 0.15) is 5.76 Å². The first kappa shape index (κ1) is 28.0. The van der Waals surface area contributed by atoms with Crippen LogP contribution in [0.2, 0.25) is 0 Å². The van der Waals surface area contributed by atoms with Crippen molar-refractivity contribution in [2.75, 3.05) is 32.0 Å². The topological polar surface area (TPSA) is 59.6 Å². The number of hydrogen-bond acceptors (Lipinski definition) is 3. The van der Waals surface area contributed by atoms with Crippen LogP contribution in [0.5, 0.6) is 0 Å². The Morgan fingerprint density at radius 3 is 2.23 bits per heavy atom. The second-order valence-corrected chi connectivity index (χ2v) is 6.86. The van der Waals surface area contributed by atoms with E-state index in [-0.39, 0.29) is 6.03 Å². The normalized spacial score (nSPS) is 10.8. The number of benzene rings is 1. The van der Waals surface area contributed by atoms with Crippen LogP contribution in [-0.4, -0.2) is 32.7 Å². The van der Waals surface area contributed by atoms with E-state index in [1.165, 1.54) is 0 Å². The van der Waals surface area contributed by atoms with E-state index in [0.717, 1.165) is 28.3 Å². The Morgan fingerprint density at radius 1 is 1.13 bits per heavy atom. The molecule has 168 valence electrons. The van der Waals surface area contributed by atoms with Crippen molar-refractivity contribution in [1.82, 2.24) is 5.32 Å². The van der Waals surface area contributed by atoms with Gasteiger partial charge in [-0.15, -0.1) is 23.4 Å². The van der Waals surface area contributed by atoms with E-state index < -0.39 is 0 Å². The summed E-state index contributed by atoms with van der Waals surface area (Å²) in [6, 6.07) is 7.07. The highest BCUT2D eigenvalue weighted by Crippen LogP contribution is 2.15. The average molecular weight is 445 g/mol. The lowest BCUT2D eigenvalue weighted by atomic mass is 10.0. The van der Waals surface area contributed by atoms with Crippen LogP contribution in [0, 0.1) is 29.6 Å². The zero-order valence-electron chi connectivity index (χ0n) is 19.5. The van der Waals surface area contributed by atoms with E-state index in [1.54, 1.807) is 33.3 Å². The molecule has 0 saturated heterocycles. The van der Waals surface area contributed by atoms with Gasteiger partial charge in [-0.05, 0) is 57.0 Å². The fraction of sp³-hybridized carbons (Fsp3) is 0.400. The van der Waals surface area contributed by atoms with Crippen LogP contribution in [0.15, 0.2) is 47.4 Å². The number of halogens is 1. The SMILES string of the molecule is CC#C/C(=C/C(OC)=C(\C)OC)C(C)C.CC#Cc1ccc(NC(=O)NCCCl)cc1. The largest absolute Gasteiger partial charge is 0.498 e. The summed E-state index contributed by atoms with van der Waals surface area (Å²) in [7, 11) is 3.26. The van der Waals surface area contributed by atoms with Gasteiger partial charge >= 0.3 is 6.03 Å². The molecule has 1 rings (SSSR count). The molecule has 1 aromatic rings. The lowest BCUT2D eigenvalue weighted by Gasteiger charge is -2.09. The summed E-state index contributed by atoms with van der Waals surface area (Å²) in [5.41, 5.74) is 2.70. The van der Waals surface area contributed by atoms with Crippen LogP contribution < -0.4 is 10.6 Å². The second-order valence-electron chi connectivity index (χ2n) is 6.48. The fourth-order valence-electron chi connectivity index (χ4n) is 2.15. The number of alkyl halides is 1. The molecule has 1 aromatic carbocycles. The molecule has 0 fully saturated rings. The van der Waals surface area contributed by atoms with Crippen molar-refractivity contribution in [1.29, 1.82) is 0 Å². The number of methoxy groups -OCH3 is 2. The third-order valence-electron chi connectivity index (χ3n) is 3.84. The zero-order chi connectivity index (χ0) is 23.6. The maximum absolute atomic E-state index is 11.3. The summed E-state index contributed by atoms with van der Waals surface area (Å²) >= 11 is 5.45. The smallest absolute Gasteiger partial charge is 0.319 e. The molecule has 0 atom stereocenters. The summed E-state index contributed by atoms with van der Waals surface area (Å²) in [5, 5.41) is 5.30. The van der Waals surface area contributed by atoms with Crippen LogP contribution in [0.1, 0.15) is 40.2 Å². The molecule has 0 saturated carbocycles. The van der Waals surface area contributed by atoms with Crippen LogP contribution in [0.3, 0.4) is 0 Å². The number of carbonyl (C=O) groups excluding carboxylic acids is 1. The summed E-state index contributed by atoms with van der Waals surface area (Å²) < 4.78 is 10.4. The van der Waals surface area contributed by atoms with Gasteiger partial charge in [0.05, 0.1) is 14.2 Å². The van der Waals surface area contributed by atoms with Gasteiger partial charge in [0.15, 0.2) is 5.76 Å². The van der Waals surface area contributed by atoms with Crippen molar-refractivity contribution in [3.63, 3.8) is 0 Å². The van der Waals surface area contributed by atoms with Gasteiger partial charge in [-0.25, -0.2) is 4.79 Å². The molecule has 0 aliphatic carbocycles. The summed E-state index contributed by atoms with van der Waals surface area (Å²) in [5.74, 6) is 14.0. The first-order valence-corrected chi connectivity index (χ1v) is 10.4. The fourth-order valence-corrected chi connectivity index (χ4v) is 2.25. The predicted molar refractivity (Wildman–Crippen MR) is 130 cm³/mol. The molecule has 0 radical (unpaired) electrons. The van der Waals surface area contributed by atoms with E-state index in [4.69, 9.17) is 21.1 Å². The van der Waals surface area contributed by atoms with Crippen molar-refractivity contribution in [3.8, 4) is 23.7 Å². The van der Waals surface area contributed by atoms with Crippen LogP contribution in [0.25, 0.3) is 0 Å². The van der Waals surface area contributed by atoms with E-state index in [0.29, 0.717) is 18.3 Å². The summed E-state index contributed by atoms with van der Waals surface area (Å²) in [6.07, 6.45) is 1.93. The minimum absolute atomic E-state index is 0.255. The monoisotopic (exact) mass is 444 g/mol. The Balaban J connectivity index is 0.000000582. The quantitative estimate of drug-likeness (QED) is 0.251. The highest BCUT2D eigenvalue weighted by molar-refractivity contribution is 6.18. The van der Waals surface area contributed by atoms with Crippen molar-refractivity contribution < 1.29 is 14.3 Å². The number of amides is 2. The third kappa shape index (κ3) is 12.3.